The number of amides is 4. The van der Waals surface area contributed by atoms with Crippen LogP contribution in [0.3, 0.4) is 0 Å². The van der Waals surface area contributed by atoms with E-state index in [0.29, 0.717) is 103 Å². The molecule has 0 saturated heterocycles. The fourth-order valence-electron chi connectivity index (χ4n) is 6.55. The van der Waals surface area contributed by atoms with E-state index in [-0.39, 0.29) is 30.2 Å². The molecule has 0 bridgehead atoms. The van der Waals surface area contributed by atoms with E-state index >= 15 is 0 Å². The molecule has 0 saturated carbocycles. The standard InChI is InChI=1S/C22H23NO5.C19H21NO4.C3H3ClO/c1-3-19(24)28-14-7-5-6-13-23-21(25)16-10-8-9-15-18(27-4-2)12-11-17(20(15)16)22(23)26;1-2-24-16-10-9-15-17-13(16)7-6-8-14(17)18(22)20(19(15)23)11-4-3-5-12-21;1-2-3(4)5/h3,8-12H,1,4-7,13-14H2,2H3;6-10,21H,2-5,11-12H2,1H3;2H,1H2. The summed E-state index contributed by atoms with van der Waals surface area (Å²) < 4.78 is 16.2. The molecule has 0 atom stereocenters. The minimum absolute atomic E-state index is 0.129. The molecule has 300 valence electrons. The first kappa shape index (κ1) is 43.9. The first-order valence-electron chi connectivity index (χ1n) is 18.9. The summed E-state index contributed by atoms with van der Waals surface area (Å²) >= 11 is 4.71. The van der Waals surface area contributed by atoms with Crippen molar-refractivity contribution in [3.8, 4) is 11.5 Å². The molecule has 2 aliphatic heterocycles. The van der Waals surface area contributed by atoms with Gasteiger partial charge in [0.05, 0.1) is 19.8 Å². The zero-order valence-corrected chi connectivity index (χ0v) is 33.0. The molecule has 0 fully saturated rings. The number of carbonyl (C=O) groups is 6. The molecule has 4 aromatic carbocycles. The van der Waals surface area contributed by atoms with Gasteiger partial charge >= 0.3 is 5.97 Å². The zero-order valence-electron chi connectivity index (χ0n) is 32.2. The van der Waals surface area contributed by atoms with Crippen LogP contribution in [0.1, 0.15) is 93.8 Å². The number of allylic oxidation sites excluding steroid dienone is 1. The number of aliphatic hydroxyl groups excluding tert-OH is 1. The van der Waals surface area contributed by atoms with Gasteiger partial charge in [0, 0.05) is 69.6 Å². The van der Waals surface area contributed by atoms with Gasteiger partial charge in [-0.2, -0.15) is 0 Å². The maximum Gasteiger partial charge on any atom is 0.330 e. The Morgan fingerprint density at radius 1 is 0.632 bits per heavy atom. The van der Waals surface area contributed by atoms with E-state index in [2.05, 4.69) is 13.2 Å². The molecular weight excluding hydrogens is 752 g/mol. The summed E-state index contributed by atoms with van der Waals surface area (Å²) in [5, 5.41) is 11.3. The number of halogens is 1. The summed E-state index contributed by atoms with van der Waals surface area (Å²) in [6.45, 7) is 12.4. The molecule has 0 unspecified atom stereocenters. The molecule has 6 rings (SSSR count). The van der Waals surface area contributed by atoms with Gasteiger partial charge in [-0.15, -0.1) is 0 Å². The van der Waals surface area contributed by atoms with Gasteiger partial charge in [0.15, 0.2) is 0 Å². The summed E-state index contributed by atoms with van der Waals surface area (Å²) in [5.74, 6) is -0.157. The number of nitrogens with zero attached hydrogens (tertiary/aromatic N) is 2. The maximum absolute atomic E-state index is 12.9. The topological polar surface area (TPSA) is 157 Å². The van der Waals surface area contributed by atoms with Crippen molar-refractivity contribution in [2.45, 2.75) is 52.4 Å². The highest BCUT2D eigenvalue weighted by atomic mass is 35.5. The predicted molar refractivity (Wildman–Crippen MR) is 218 cm³/mol. The van der Waals surface area contributed by atoms with Gasteiger partial charge in [-0.1, -0.05) is 37.4 Å². The number of unbranched alkanes of at least 4 members (excludes halogenated alkanes) is 4. The molecule has 0 spiro atoms. The number of rotatable bonds is 17. The lowest BCUT2D eigenvalue weighted by Gasteiger charge is -2.27. The van der Waals surface area contributed by atoms with Crippen LogP contribution in [0.25, 0.3) is 21.5 Å². The van der Waals surface area contributed by atoms with Crippen LogP contribution in [0.5, 0.6) is 11.5 Å². The molecule has 57 heavy (non-hydrogen) atoms. The summed E-state index contributed by atoms with van der Waals surface area (Å²) in [6.07, 6.45) is 6.38. The molecule has 1 N–H and O–H groups in total. The van der Waals surface area contributed by atoms with Crippen LogP contribution in [-0.2, 0) is 14.3 Å². The summed E-state index contributed by atoms with van der Waals surface area (Å²) in [6, 6.07) is 17.9. The molecule has 4 amide bonds. The number of carbonyl (C=O) groups excluding carboxylic acids is 6. The maximum atomic E-state index is 12.9. The Labute approximate surface area is 336 Å². The molecule has 0 aliphatic carbocycles. The number of benzene rings is 4. The summed E-state index contributed by atoms with van der Waals surface area (Å²) in [5.41, 5.74) is 2.14. The van der Waals surface area contributed by atoms with Crippen molar-refractivity contribution in [3.05, 3.63) is 108 Å². The van der Waals surface area contributed by atoms with Crippen molar-refractivity contribution in [1.82, 2.24) is 9.80 Å². The summed E-state index contributed by atoms with van der Waals surface area (Å²) in [4.78, 5) is 74.4. The van der Waals surface area contributed by atoms with E-state index < -0.39 is 11.2 Å². The second-order valence-electron chi connectivity index (χ2n) is 12.8. The van der Waals surface area contributed by atoms with Gasteiger partial charge in [-0.25, -0.2) is 4.79 Å². The van der Waals surface area contributed by atoms with Crippen LogP contribution < -0.4 is 9.47 Å². The van der Waals surface area contributed by atoms with Crippen LogP contribution in [0, 0.1) is 0 Å². The van der Waals surface area contributed by atoms with Gasteiger partial charge in [-0.05, 0) is 106 Å². The van der Waals surface area contributed by atoms with Gasteiger partial charge < -0.3 is 19.3 Å². The van der Waals surface area contributed by atoms with E-state index in [1.807, 2.05) is 38.1 Å². The number of ether oxygens (including phenoxy) is 3. The Kier molecular flexibility index (Phi) is 16.5. The van der Waals surface area contributed by atoms with Crippen LogP contribution >= 0.6 is 11.6 Å². The van der Waals surface area contributed by atoms with Crippen LogP contribution in [-0.4, -0.2) is 89.3 Å². The highest BCUT2D eigenvalue weighted by molar-refractivity contribution is 6.66. The first-order chi connectivity index (χ1) is 27.5. The highest BCUT2D eigenvalue weighted by Gasteiger charge is 2.34. The average molecular weight is 799 g/mol. The van der Waals surface area contributed by atoms with E-state index in [1.165, 1.54) is 9.80 Å². The zero-order chi connectivity index (χ0) is 41.5. The van der Waals surface area contributed by atoms with Crippen molar-refractivity contribution in [2.75, 3.05) is 39.5 Å². The van der Waals surface area contributed by atoms with Crippen LogP contribution in [0.15, 0.2) is 86.0 Å². The van der Waals surface area contributed by atoms with E-state index in [1.54, 1.807) is 36.4 Å². The van der Waals surface area contributed by atoms with Gasteiger partial charge in [0.2, 0.25) is 5.24 Å². The number of esters is 1. The second-order valence-corrected chi connectivity index (χ2v) is 13.2. The average Bonchev–Trinajstić information content (AvgIpc) is 3.22. The van der Waals surface area contributed by atoms with Crippen molar-refractivity contribution in [2.24, 2.45) is 0 Å². The smallest absolute Gasteiger partial charge is 0.330 e. The van der Waals surface area contributed by atoms with Crippen molar-refractivity contribution in [1.29, 1.82) is 0 Å². The molecule has 0 aromatic heterocycles. The predicted octanol–water partition coefficient (Wildman–Crippen LogP) is 7.67. The van der Waals surface area contributed by atoms with Crippen molar-refractivity contribution < 1.29 is 48.1 Å². The largest absolute Gasteiger partial charge is 0.493 e. The Bertz CT molecular complexity index is 2120. The molecule has 4 aromatic rings. The normalized spacial score (nSPS) is 12.7. The molecular formula is C44H47ClN2O10. The molecule has 13 heteroatoms. The number of hydrogen-bond donors (Lipinski definition) is 1. The number of aliphatic hydroxyl groups is 1. The van der Waals surface area contributed by atoms with Gasteiger partial charge in [-0.3, -0.25) is 33.8 Å². The van der Waals surface area contributed by atoms with Gasteiger partial charge in [0.1, 0.15) is 11.5 Å². The number of imide groups is 2. The minimum Gasteiger partial charge on any atom is -0.493 e. The third-order valence-corrected chi connectivity index (χ3v) is 9.29. The second kappa shape index (κ2) is 21.5. The lowest BCUT2D eigenvalue weighted by molar-refractivity contribution is -0.137. The van der Waals surface area contributed by atoms with E-state index in [0.717, 1.165) is 35.8 Å². The Hall–Kier alpha value is -5.85. The fourth-order valence-corrected chi connectivity index (χ4v) is 6.55. The fraction of sp³-hybridized carbons (Fsp3) is 0.318. The highest BCUT2D eigenvalue weighted by Crippen LogP contribution is 2.37. The monoisotopic (exact) mass is 798 g/mol. The van der Waals surface area contributed by atoms with E-state index in [9.17, 15) is 28.8 Å². The van der Waals surface area contributed by atoms with Crippen molar-refractivity contribution >= 4 is 68.0 Å². The lowest BCUT2D eigenvalue weighted by atomic mass is 9.93. The molecule has 2 aliphatic rings. The Morgan fingerprint density at radius 3 is 1.44 bits per heavy atom. The Morgan fingerprint density at radius 2 is 1.05 bits per heavy atom. The first-order valence-corrected chi connectivity index (χ1v) is 19.2. The molecule has 0 radical (unpaired) electrons. The minimum atomic E-state index is -0.509. The number of hydrogen-bond acceptors (Lipinski definition) is 10. The summed E-state index contributed by atoms with van der Waals surface area (Å²) in [7, 11) is 0. The van der Waals surface area contributed by atoms with Gasteiger partial charge in [0.25, 0.3) is 23.6 Å². The van der Waals surface area contributed by atoms with E-state index in [4.69, 9.17) is 30.9 Å². The van der Waals surface area contributed by atoms with Crippen molar-refractivity contribution in [3.63, 3.8) is 0 Å². The van der Waals surface area contributed by atoms with Crippen LogP contribution in [0.2, 0.25) is 0 Å². The third-order valence-electron chi connectivity index (χ3n) is 9.14. The lowest BCUT2D eigenvalue weighted by Crippen LogP contribution is -2.40. The molecule has 12 nitrogen and oxygen atoms in total. The SMILES string of the molecule is C=CC(=O)Cl.C=CC(=O)OCCCCCN1C(=O)c2cccc3c(OCC)ccc(c23)C1=O.CCOc1ccc2c3c(cccc13)C(=O)N(CCCCCO)C2=O. The Balaban J connectivity index is 0.000000228. The quantitative estimate of drug-likeness (QED) is 0.0370. The third kappa shape index (κ3) is 10.5. The van der Waals surface area contributed by atoms with Crippen LogP contribution in [0.4, 0.5) is 0 Å². The molecule has 2 heterocycles.